The van der Waals surface area contributed by atoms with Crippen molar-refractivity contribution < 1.29 is 0 Å². The van der Waals surface area contributed by atoms with Crippen molar-refractivity contribution in [3.8, 4) is 0 Å². The molecule has 1 saturated heterocycles. The SMILES string of the molecule is CC(C)C1CCCN(Cc2nc3ccc(N)cc3[nH]2)CC1. The first-order valence-corrected chi connectivity index (χ1v) is 8.08. The molecule has 1 aliphatic heterocycles. The number of hydrogen-bond acceptors (Lipinski definition) is 3. The third kappa shape index (κ3) is 3.38. The quantitative estimate of drug-likeness (QED) is 0.850. The van der Waals surface area contributed by atoms with E-state index in [1.54, 1.807) is 0 Å². The first-order valence-electron chi connectivity index (χ1n) is 8.08. The lowest BCUT2D eigenvalue weighted by Gasteiger charge is -2.20. The summed E-state index contributed by atoms with van der Waals surface area (Å²) in [6.07, 6.45) is 3.98. The number of likely N-dealkylation sites (tertiary alicyclic amines) is 1. The lowest BCUT2D eigenvalue weighted by molar-refractivity contribution is 0.260. The normalized spacial score (nSPS) is 21.0. The number of aromatic amines is 1. The van der Waals surface area contributed by atoms with Gasteiger partial charge < -0.3 is 10.7 Å². The average molecular weight is 286 g/mol. The minimum Gasteiger partial charge on any atom is -0.399 e. The van der Waals surface area contributed by atoms with Gasteiger partial charge in [-0.1, -0.05) is 13.8 Å². The van der Waals surface area contributed by atoms with Gasteiger partial charge in [0.2, 0.25) is 0 Å². The van der Waals surface area contributed by atoms with Crippen molar-refractivity contribution >= 4 is 16.7 Å². The van der Waals surface area contributed by atoms with Gasteiger partial charge in [-0.2, -0.15) is 0 Å². The highest BCUT2D eigenvalue weighted by Gasteiger charge is 2.20. The lowest BCUT2D eigenvalue weighted by Crippen LogP contribution is -2.25. The molecule has 1 unspecified atom stereocenters. The Bertz CT molecular complexity index is 602. The maximum atomic E-state index is 5.82. The second-order valence-electron chi connectivity index (χ2n) is 6.67. The summed E-state index contributed by atoms with van der Waals surface area (Å²) < 4.78 is 0. The van der Waals surface area contributed by atoms with E-state index in [0.717, 1.165) is 40.9 Å². The molecule has 3 N–H and O–H groups in total. The standard InChI is InChI=1S/C17H26N4/c1-12(2)13-4-3-8-21(9-7-13)11-17-19-15-6-5-14(18)10-16(15)20-17/h5-6,10,12-13H,3-4,7-9,11,18H2,1-2H3,(H,19,20). The van der Waals surface area contributed by atoms with Crippen LogP contribution in [-0.4, -0.2) is 28.0 Å². The summed E-state index contributed by atoms with van der Waals surface area (Å²) in [4.78, 5) is 10.6. The second kappa shape index (κ2) is 6.06. The highest BCUT2D eigenvalue weighted by molar-refractivity contribution is 5.78. The smallest absolute Gasteiger partial charge is 0.121 e. The van der Waals surface area contributed by atoms with E-state index in [0.29, 0.717) is 0 Å². The molecule has 0 amide bonds. The van der Waals surface area contributed by atoms with Gasteiger partial charge in [-0.25, -0.2) is 4.98 Å². The number of aromatic nitrogens is 2. The van der Waals surface area contributed by atoms with Crippen molar-refractivity contribution in [2.75, 3.05) is 18.8 Å². The molecule has 2 heterocycles. The summed E-state index contributed by atoms with van der Waals surface area (Å²) in [6.45, 7) is 7.98. The predicted octanol–water partition coefficient (Wildman–Crippen LogP) is 3.40. The van der Waals surface area contributed by atoms with Gasteiger partial charge in [-0.05, 0) is 62.4 Å². The molecule has 1 fully saturated rings. The van der Waals surface area contributed by atoms with Crippen molar-refractivity contribution in [1.29, 1.82) is 0 Å². The number of imidazole rings is 1. The van der Waals surface area contributed by atoms with Gasteiger partial charge >= 0.3 is 0 Å². The van der Waals surface area contributed by atoms with Gasteiger partial charge in [-0.3, -0.25) is 4.90 Å². The molecule has 0 saturated carbocycles. The molecular formula is C17H26N4. The molecule has 2 aromatic rings. The van der Waals surface area contributed by atoms with E-state index >= 15 is 0 Å². The number of nitrogens with two attached hydrogens (primary N) is 1. The van der Waals surface area contributed by atoms with Crippen LogP contribution in [0, 0.1) is 11.8 Å². The van der Waals surface area contributed by atoms with Crippen LogP contribution in [0.15, 0.2) is 18.2 Å². The molecule has 1 aromatic heterocycles. The molecule has 1 aliphatic rings. The van der Waals surface area contributed by atoms with E-state index in [-0.39, 0.29) is 0 Å². The number of nitrogens with one attached hydrogen (secondary N) is 1. The summed E-state index contributed by atoms with van der Waals surface area (Å²) in [6, 6.07) is 5.86. The van der Waals surface area contributed by atoms with Crippen molar-refractivity contribution in [2.45, 2.75) is 39.7 Å². The molecule has 0 spiro atoms. The van der Waals surface area contributed by atoms with E-state index in [1.807, 2.05) is 18.2 Å². The van der Waals surface area contributed by atoms with Crippen molar-refractivity contribution in [1.82, 2.24) is 14.9 Å². The van der Waals surface area contributed by atoms with Gasteiger partial charge in [0.05, 0.1) is 17.6 Å². The lowest BCUT2D eigenvalue weighted by atomic mass is 9.89. The predicted molar refractivity (Wildman–Crippen MR) is 88.0 cm³/mol. The summed E-state index contributed by atoms with van der Waals surface area (Å²) in [7, 11) is 0. The van der Waals surface area contributed by atoms with Crippen molar-refractivity contribution in [3.05, 3.63) is 24.0 Å². The molecular weight excluding hydrogens is 260 g/mol. The van der Waals surface area contributed by atoms with Crippen LogP contribution in [0.4, 0.5) is 5.69 Å². The molecule has 21 heavy (non-hydrogen) atoms. The summed E-state index contributed by atoms with van der Waals surface area (Å²) >= 11 is 0. The fraction of sp³-hybridized carbons (Fsp3) is 0.588. The number of benzene rings is 1. The van der Waals surface area contributed by atoms with Crippen LogP contribution in [0.5, 0.6) is 0 Å². The summed E-state index contributed by atoms with van der Waals surface area (Å²) in [5, 5.41) is 0. The zero-order valence-corrected chi connectivity index (χ0v) is 13.1. The Morgan fingerprint density at radius 3 is 3.00 bits per heavy atom. The monoisotopic (exact) mass is 286 g/mol. The highest BCUT2D eigenvalue weighted by atomic mass is 15.1. The Balaban J connectivity index is 1.67. The summed E-state index contributed by atoms with van der Waals surface area (Å²) in [5.74, 6) is 2.74. The summed E-state index contributed by atoms with van der Waals surface area (Å²) in [5.41, 5.74) is 8.66. The number of hydrogen-bond donors (Lipinski definition) is 2. The molecule has 1 atom stereocenters. The van der Waals surface area contributed by atoms with E-state index in [4.69, 9.17) is 5.73 Å². The van der Waals surface area contributed by atoms with Gasteiger partial charge in [-0.15, -0.1) is 0 Å². The van der Waals surface area contributed by atoms with Gasteiger partial charge in [0.15, 0.2) is 0 Å². The Morgan fingerprint density at radius 2 is 2.19 bits per heavy atom. The van der Waals surface area contributed by atoms with Crippen molar-refractivity contribution in [2.24, 2.45) is 11.8 Å². The molecule has 3 rings (SSSR count). The van der Waals surface area contributed by atoms with Gasteiger partial charge in [0.25, 0.3) is 0 Å². The van der Waals surface area contributed by atoms with Crippen LogP contribution >= 0.6 is 0 Å². The molecule has 114 valence electrons. The minimum absolute atomic E-state index is 0.784. The van der Waals surface area contributed by atoms with Gasteiger partial charge in [0, 0.05) is 5.69 Å². The Labute approximate surface area is 126 Å². The van der Waals surface area contributed by atoms with E-state index in [9.17, 15) is 0 Å². The largest absolute Gasteiger partial charge is 0.399 e. The van der Waals surface area contributed by atoms with Crippen LogP contribution in [0.1, 0.15) is 38.9 Å². The third-order valence-electron chi connectivity index (χ3n) is 4.74. The molecule has 4 heteroatoms. The fourth-order valence-corrected chi connectivity index (χ4v) is 3.37. The highest BCUT2D eigenvalue weighted by Crippen LogP contribution is 2.25. The fourth-order valence-electron chi connectivity index (χ4n) is 3.37. The van der Waals surface area contributed by atoms with E-state index in [2.05, 4.69) is 28.7 Å². The minimum atomic E-state index is 0.784. The molecule has 1 aromatic carbocycles. The molecule has 0 bridgehead atoms. The maximum Gasteiger partial charge on any atom is 0.121 e. The van der Waals surface area contributed by atoms with E-state index < -0.39 is 0 Å². The maximum absolute atomic E-state index is 5.82. The molecule has 0 radical (unpaired) electrons. The number of fused-ring (bicyclic) bond motifs is 1. The molecule has 0 aliphatic carbocycles. The molecule has 4 nitrogen and oxygen atoms in total. The van der Waals surface area contributed by atoms with Crippen LogP contribution in [-0.2, 0) is 6.54 Å². The second-order valence-corrected chi connectivity index (χ2v) is 6.67. The van der Waals surface area contributed by atoms with Crippen molar-refractivity contribution in [3.63, 3.8) is 0 Å². The van der Waals surface area contributed by atoms with Crippen LogP contribution < -0.4 is 5.73 Å². The zero-order chi connectivity index (χ0) is 14.8. The van der Waals surface area contributed by atoms with Gasteiger partial charge in [0.1, 0.15) is 5.82 Å². The van der Waals surface area contributed by atoms with Crippen LogP contribution in [0.25, 0.3) is 11.0 Å². The number of H-pyrrole nitrogens is 1. The average Bonchev–Trinajstić information content (AvgIpc) is 2.66. The van der Waals surface area contributed by atoms with Crippen LogP contribution in [0.2, 0.25) is 0 Å². The Kier molecular flexibility index (Phi) is 4.15. The third-order valence-corrected chi connectivity index (χ3v) is 4.74. The topological polar surface area (TPSA) is 57.9 Å². The number of rotatable bonds is 3. The Hall–Kier alpha value is -1.55. The van der Waals surface area contributed by atoms with Crippen LogP contribution in [0.3, 0.4) is 0 Å². The first kappa shape index (κ1) is 14.4. The number of anilines is 1. The first-order chi connectivity index (χ1) is 10.1. The Morgan fingerprint density at radius 1 is 1.33 bits per heavy atom. The number of nitrogens with zero attached hydrogens (tertiary/aromatic N) is 2. The number of nitrogen functional groups attached to an aromatic ring is 1. The zero-order valence-electron chi connectivity index (χ0n) is 13.1. The van der Waals surface area contributed by atoms with E-state index in [1.165, 1.54) is 32.4 Å².